The second-order valence-corrected chi connectivity index (χ2v) is 7.58. The van der Waals surface area contributed by atoms with Gasteiger partial charge in [0.25, 0.3) is 5.91 Å². The van der Waals surface area contributed by atoms with Crippen LogP contribution in [0.25, 0.3) is 23.0 Å². The van der Waals surface area contributed by atoms with Crippen molar-refractivity contribution >= 4 is 29.4 Å². The van der Waals surface area contributed by atoms with E-state index in [0.29, 0.717) is 28.3 Å². The number of benzene rings is 1. The van der Waals surface area contributed by atoms with Gasteiger partial charge in [0, 0.05) is 28.8 Å². The van der Waals surface area contributed by atoms with E-state index in [9.17, 15) is 22.8 Å². The minimum atomic E-state index is -4.81. The third kappa shape index (κ3) is 4.13. The van der Waals surface area contributed by atoms with Crippen molar-refractivity contribution in [2.75, 3.05) is 5.32 Å². The third-order valence-corrected chi connectivity index (χ3v) is 5.02. The van der Waals surface area contributed by atoms with Crippen molar-refractivity contribution in [2.24, 2.45) is 0 Å². The molecule has 5 rings (SSSR count). The number of nitrogens with one attached hydrogen (secondary N) is 2. The first kappa shape index (κ1) is 20.0. The third-order valence-electron chi connectivity index (χ3n) is 5.02. The fraction of sp³-hybridized carbons (Fsp3) is 0.238. The van der Waals surface area contributed by atoms with Crippen LogP contribution in [0.2, 0.25) is 0 Å². The van der Waals surface area contributed by atoms with Gasteiger partial charge in [0.1, 0.15) is 11.6 Å². The van der Waals surface area contributed by atoms with Gasteiger partial charge >= 0.3 is 6.36 Å². The van der Waals surface area contributed by atoms with Crippen LogP contribution >= 0.6 is 0 Å². The molecule has 0 unspecified atom stereocenters. The summed E-state index contributed by atoms with van der Waals surface area (Å²) < 4.78 is 43.5. The van der Waals surface area contributed by atoms with Crippen LogP contribution in [-0.2, 0) is 9.59 Å². The summed E-state index contributed by atoms with van der Waals surface area (Å²) >= 11 is 0. The highest BCUT2D eigenvalue weighted by molar-refractivity contribution is 6.15. The van der Waals surface area contributed by atoms with Crippen LogP contribution in [0.5, 0.6) is 5.75 Å². The fourth-order valence-electron chi connectivity index (χ4n) is 3.43. The fourth-order valence-corrected chi connectivity index (χ4v) is 3.43. The molecule has 1 saturated heterocycles. The monoisotopic (exact) mass is 443 g/mol. The SMILES string of the molecule is O=C1C/C(=C\c2cnn3c(NC4CC4)cc(-c4cccc(OC(F)(F)F)c4)nc23)C(=O)N1. The zero-order chi connectivity index (χ0) is 22.5. The number of carbonyl (C=O) groups excluding carboxylic acids is 2. The molecule has 3 aromatic rings. The second-order valence-electron chi connectivity index (χ2n) is 7.58. The molecular weight excluding hydrogens is 427 g/mol. The molecule has 2 N–H and O–H groups in total. The van der Waals surface area contributed by atoms with Crippen LogP contribution in [0.15, 0.2) is 42.1 Å². The molecule has 11 heteroatoms. The van der Waals surface area contributed by atoms with E-state index < -0.39 is 12.3 Å². The average molecular weight is 443 g/mol. The summed E-state index contributed by atoms with van der Waals surface area (Å²) in [5.74, 6) is -0.598. The van der Waals surface area contributed by atoms with E-state index in [4.69, 9.17) is 0 Å². The first-order chi connectivity index (χ1) is 15.2. The molecule has 2 fully saturated rings. The topological polar surface area (TPSA) is 97.6 Å². The summed E-state index contributed by atoms with van der Waals surface area (Å²) in [7, 11) is 0. The lowest BCUT2D eigenvalue weighted by molar-refractivity contribution is -0.274. The van der Waals surface area contributed by atoms with Crippen molar-refractivity contribution < 1.29 is 27.5 Å². The smallest absolute Gasteiger partial charge is 0.406 e. The number of fused-ring (bicyclic) bond motifs is 1. The molecule has 1 saturated carbocycles. The van der Waals surface area contributed by atoms with E-state index >= 15 is 0 Å². The van der Waals surface area contributed by atoms with Gasteiger partial charge in [-0.05, 0) is 31.1 Å². The Labute approximate surface area is 179 Å². The number of amides is 2. The molecule has 0 spiro atoms. The number of anilines is 1. The summed E-state index contributed by atoms with van der Waals surface area (Å²) in [5, 5.41) is 9.91. The molecule has 1 aliphatic carbocycles. The van der Waals surface area contributed by atoms with Crippen molar-refractivity contribution in [3.05, 3.63) is 47.7 Å². The summed E-state index contributed by atoms with van der Waals surface area (Å²) in [6.07, 6.45) is 0.210. The second kappa shape index (κ2) is 7.36. The lowest BCUT2D eigenvalue weighted by Crippen LogP contribution is -2.19. The standard InChI is InChI=1S/C21H16F3N5O3/c22-21(23,24)32-15-3-1-2-11(7-15)16-9-17(26-14-4-5-14)29-19(27-16)13(10-25-29)6-12-8-18(30)28-20(12)31/h1-3,6-7,9-10,14,26H,4-5,8H2,(H,28,30,31)/b12-6+. The Morgan fingerprint density at radius 3 is 2.72 bits per heavy atom. The lowest BCUT2D eigenvalue weighted by atomic mass is 10.1. The number of rotatable bonds is 5. The van der Waals surface area contributed by atoms with Gasteiger partial charge in [-0.2, -0.15) is 9.61 Å². The number of nitrogens with zero attached hydrogens (tertiary/aromatic N) is 3. The highest BCUT2D eigenvalue weighted by Crippen LogP contribution is 2.32. The Morgan fingerprint density at radius 1 is 1.22 bits per heavy atom. The summed E-state index contributed by atoms with van der Waals surface area (Å²) in [6.45, 7) is 0. The van der Waals surface area contributed by atoms with Crippen LogP contribution in [0, 0.1) is 0 Å². The average Bonchev–Trinajstić information content (AvgIpc) is 3.35. The molecule has 0 radical (unpaired) electrons. The summed E-state index contributed by atoms with van der Waals surface area (Å²) in [5.41, 5.74) is 2.01. The van der Waals surface area contributed by atoms with Crippen molar-refractivity contribution in [1.82, 2.24) is 19.9 Å². The summed E-state index contributed by atoms with van der Waals surface area (Å²) in [4.78, 5) is 28.0. The van der Waals surface area contributed by atoms with E-state index in [1.165, 1.54) is 24.4 Å². The predicted molar refractivity (Wildman–Crippen MR) is 107 cm³/mol. The number of hydrogen-bond donors (Lipinski definition) is 2. The quantitative estimate of drug-likeness (QED) is 0.464. The molecule has 1 aromatic carbocycles. The lowest BCUT2D eigenvalue weighted by Gasteiger charge is -2.12. The van der Waals surface area contributed by atoms with Gasteiger partial charge in [0.2, 0.25) is 5.91 Å². The van der Waals surface area contributed by atoms with E-state index in [1.807, 2.05) is 0 Å². The molecule has 8 nitrogen and oxygen atoms in total. The first-order valence-corrected chi connectivity index (χ1v) is 9.81. The van der Waals surface area contributed by atoms with Crippen molar-refractivity contribution in [3.8, 4) is 17.0 Å². The van der Waals surface area contributed by atoms with E-state index in [0.717, 1.165) is 12.8 Å². The van der Waals surface area contributed by atoms with Gasteiger partial charge in [-0.15, -0.1) is 13.2 Å². The van der Waals surface area contributed by atoms with Crippen LogP contribution < -0.4 is 15.4 Å². The maximum absolute atomic E-state index is 12.6. The van der Waals surface area contributed by atoms with E-state index in [-0.39, 0.29) is 29.7 Å². The predicted octanol–water partition coefficient (Wildman–Crippen LogP) is 3.30. The van der Waals surface area contributed by atoms with Crippen molar-refractivity contribution in [1.29, 1.82) is 0 Å². The number of alkyl halides is 3. The van der Waals surface area contributed by atoms with Gasteiger partial charge in [-0.25, -0.2) is 4.98 Å². The van der Waals surface area contributed by atoms with Gasteiger partial charge in [0.15, 0.2) is 5.65 Å². The van der Waals surface area contributed by atoms with E-state index in [1.54, 1.807) is 22.7 Å². The summed E-state index contributed by atoms with van der Waals surface area (Å²) in [6, 6.07) is 7.52. The van der Waals surface area contributed by atoms with Gasteiger partial charge in [0.05, 0.1) is 18.3 Å². The number of hydrogen-bond acceptors (Lipinski definition) is 6. The zero-order valence-corrected chi connectivity index (χ0v) is 16.4. The van der Waals surface area contributed by atoms with Crippen LogP contribution in [-0.4, -0.2) is 38.8 Å². The van der Waals surface area contributed by atoms with Crippen molar-refractivity contribution in [3.63, 3.8) is 0 Å². The Morgan fingerprint density at radius 2 is 2.03 bits per heavy atom. The Hall–Kier alpha value is -3.89. The Bertz CT molecular complexity index is 1280. The van der Waals surface area contributed by atoms with Crippen molar-refractivity contribution in [2.45, 2.75) is 31.7 Å². The number of ether oxygens (including phenoxy) is 1. The molecule has 2 amide bonds. The first-order valence-electron chi connectivity index (χ1n) is 9.81. The molecule has 2 aliphatic rings. The maximum Gasteiger partial charge on any atom is 0.573 e. The minimum Gasteiger partial charge on any atom is -0.406 e. The van der Waals surface area contributed by atoms with Gasteiger partial charge < -0.3 is 10.1 Å². The Kier molecular flexibility index (Phi) is 4.61. The van der Waals surface area contributed by atoms with E-state index in [2.05, 4.69) is 25.5 Å². The molecule has 2 aromatic heterocycles. The Balaban J connectivity index is 1.60. The molecule has 32 heavy (non-hydrogen) atoms. The number of halogens is 3. The largest absolute Gasteiger partial charge is 0.573 e. The number of imide groups is 1. The van der Waals surface area contributed by atoms with Crippen LogP contribution in [0.4, 0.5) is 19.0 Å². The molecule has 0 bridgehead atoms. The normalized spacial score (nSPS) is 17.8. The van der Waals surface area contributed by atoms with Gasteiger partial charge in [-0.1, -0.05) is 12.1 Å². The number of aromatic nitrogens is 3. The molecule has 0 atom stereocenters. The molecule has 164 valence electrons. The molecular formula is C21H16F3N5O3. The number of carbonyl (C=O) groups is 2. The van der Waals surface area contributed by atoms with Gasteiger partial charge in [-0.3, -0.25) is 14.9 Å². The van der Waals surface area contributed by atoms with Crippen LogP contribution in [0.3, 0.4) is 0 Å². The molecule has 3 heterocycles. The van der Waals surface area contributed by atoms with Crippen LogP contribution in [0.1, 0.15) is 24.8 Å². The maximum atomic E-state index is 12.6. The zero-order valence-electron chi connectivity index (χ0n) is 16.4. The highest BCUT2D eigenvalue weighted by Gasteiger charge is 2.31. The highest BCUT2D eigenvalue weighted by atomic mass is 19.4. The molecule has 1 aliphatic heterocycles. The minimum absolute atomic E-state index is 0.0418.